The standard InChI is InChI=1S/C18H26N2O4/c1-17(2,3)24-16(22)19-11-15(21)20(18(4,5)12-19)13-7-9-14(23-6)10-8-13/h7-10H,11-12H2,1-6H3. The van der Waals surface area contributed by atoms with Gasteiger partial charge >= 0.3 is 6.09 Å². The first-order chi connectivity index (χ1) is 11.0. The molecule has 2 amide bonds. The lowest BCUT2D eigenvalue weighted by Crippen LogP contribution is -2.63. The molecular formula is C18H26N2O4. The van der Waals surface area contributed by atoms with Gasteiger partial charge < -0.3 is 14.4 Å². The van der Waals surface area contributed by atoms with Crippen molar-refractivity contribution in [3.8, 4) is 5.75 Å². The summed E-state index contributed by atoms with van der Waals surface area (Å²) < 4.78 is 10.5. The fourth-order valence-electron chi connectivity index (χ4n) is 2.85. The first-order valence-corrected chi connectivity index (χ1v) is 7.98. The zero-order chi connectivity index (χ0) is 18.1. The summed E-state index contributed by atoms with van der Waals surface area (Å²) in [5, 5.41) is 0. The molecule has 1 aliphatic rings. The maximum Gasteiger partial charge on any atom is 0.410 e. The fraction of sp³-hybridized carbons (Fsp3) is 0.556. The summed E-state index contributed by atoms with van der Waals surface area (Å²) in [7, 11) is 1.60. The van der Waals surface area contributed by atoms with Gasteiger partial charge in [-0.05, 0) is 58.9 Å². The van der Waals surface area contributed by atoms with Gasteiger partial charge in [-0.1, -0.05) is 0 Å². The van der Waals surface area contributed by atoms with Gasteiger partial charge in [-0.3, -0.25) is 9.69 Å². The number of ether oxygens (including phenoxy) is 2. The topological polar surface area (TPSA) is 59.1 Å². The van der Waals surface area contributed by atoms with E-state index >= 15 is 0 Å². The number of benzene rings is 1. The molecule has 1 aromatic carbocycles. The molecule has 1 saturated heterocycles. The van der Waals surface area contributed by atoms with Gasteiger partial charge in [0.2, 0.25) is 5.91 Å². The Labute approximate surface area is 143 Å². The zero-order valence-electron chi connectivity index (χ0n) is 15.3. The summed E-state index contributed by atoms with van der Waals surface area (Å²) in [6.45, 7) is 9.71. The van der Waals surface area contributed by atoms with Crippen molar-refractivity contribution < 1.29 is 19.1 Å². The van der Waals surface area contributed by atoms with Crippen molar-refractivity contribution in [3.05, 3.63) is 24.3 Å². The Kier molecular flexibility index (Phi) is 4.78. The second-order valence-electron chi connectivity index (χ2n) is 7.58. The van der Waals surface area contributed by atoms with E-state index in [2.05, 4.69) is 0 Å². The normalized spacial score (nSPS) is 17.7. The number of anilines is 1. The molecule has 0 aromatic heterocycles. The molecule has 24 heavy (non-hydrogen) atoms. The smallest absolute Gasteiger partial charge is 0.410 e. The van der Waals surface area contributed by atoms with Gasteiger partial charge in [-0.2, -0.15) is 0 Å². The molecule has 1 aliphatic heterocycles. The van der Waals surface area contributed by atoms with Crippen LogP contribution in [0.25, 0.3) is 0 Å². The monoisotopic (exact) mass is 334 g/mol. The molecule has 0 N–H and O–H groups in total. The lowest BCUT2D eigenvalue weighted by atomic mass is 9.97. The van der Waals surface area contributed by atoms with Crippen LogP contribution < -0.4 is 9.64 Å². The number of nitrogens with zero attached hydrogens (tertiary/aromatic N) is 2. The highest BCUT2D eigenvalue weighted by Crippen LogP contribution is 2.30. The fourth-order valence-corrected chi connectivity index (χ4v) is 2.85. The van der Waals surface area contributed by atoms with Crippen LogP contribution in [0.1, 0.15) is 34.6 Å². The maximum atomic E-state index is 12.7. The molecule has 6 heteroatoms. The molecule has 0 aliphatic carbocycles. The molecule has 0 bridgehead atoms. The third-order valence-electron chi connectivity index (χ3n) is 3.74. The minimum Gasteiger partial charge on any atom is -0.497 e. The quantitative estimate of drug-likeness (QED) is 0.834. The Bertz CT molecular complexity index is 617. The van der Waals surface area contributed by atoms with E-state index in [0.29, 0.717) is 6.54 Å². The van der Waals surface area contributed by atoms with Crippen LogP contribution in [-0.2, 0) is 9.53 Å². The number of carbonyl (C=O) groups is 2. The van der Waals surface area contributed by atoms with Crippen molar-refractivity contribution in [1.29, 1.82) is 0 Å². The lowest BCUT2D eigenvalue weighted by molar-refractivity contribution is -0.123. The van der Waals surface area contributed by atoms with E-state index in [1.54, 1.807) is 12.0 Å². The van der Waals surface area contributed by atoms with E-state index in [4.69, 9.17) is 9.47 Å². The van der Waals surface area contributed by atoms with Crippen LogP contribution in [0.3, 0.4) is 0 Å². The maximum absolute atomic E-state index is 12.7. The average Bonchev–Trinajstić information content (AvgIpc) is 2.44. The van der Waals surface area contributed by atoms with E-state index < -0.39 is 17.2 Å². The first-order valence-electron chi connectivity index (χ1n) is 7.98. The average molecular weight is 334 g/mol. The number of hydrogen-bond donors (Lipinski definition) is 0. The second kappa shape index (κ2) is 6.34. The number of rotatable bonds is 2. The molecular weight excluding hydrogens is 308 g/mol. The van der Waals surface area contributed by atoms with Crippen molar-refractivity contribution >= 4 is 17.7 Å². The van der Waals surface area contributed by atoms with E-state index in [9.17, 15) is 9.59 Å². The highest BCUT2D eigenvalue weighted by molar-refractivity contribution is 5.98. The van der Waals surface area contributed by atoms with E-state index in [1.165, 1.54) is 4.90 Å². The van der Waals surface area contributed by atoms with Crippen molar-refractivity contribution in [2.45, 2.75) is 45.8 Å². The molecule has 0 saturated carbocycles. The van der Waals surface area contributed by atoms with Crippen LogP contribution in [-0.4, -0.2) is 48.2 Å². The highest BCUT2D eigenvalue weighted by atomic mass is 16.6. The van der Waals surface area contributed by atoms with Crippen molar-refractivity contribution in [3.63, 3.8) is 0 Å². The van der Waals surface area contributed by atoms with Crippen LogP contribution in [0.5, 0.6) is 5.75 Å². The summed E-state index contributed by atoms with van der Waals surface area (Å²) in [5.74, 6) is 0.596. The van der Waals surface area contributed by atoms with E-state index in [1.807, 2.05) is 58.9 Å². The molecule has 132 valence electrons. The van der Waals surface area contributed by atoms with Gasteiger partial charge in [-0.15, -0.1) is 0 Å². The Morgan fingerprint density at radius 2 is 1.75 bits per heavy atom. The van der Waals surface area contributed by atoms with Gasteiger partial charge in [-0.25, -0.2) is 4.79 Å². The van der Waals surface area contributed by atoms with Crippen molar-refractivity contribution in [2.75, 3.05) is 25.1 Å². The predicted octanol–water partition coefficient (Wildman–Crippen LogP) is 3.06. The second-order valence-corrected chi connectivity index (χ2v) is 7.58. The van der Waals surface area contributed by atoms with Crippen LogP contribution in [0.4, 0.5) is 10.5 Å². The Hall–Kier alpha value is -2.24. The number of amides is 2. The van der Waals surface area contributed by atoms with Gasteiger partial charge in [0.1, 0.15) is 17.9 Å². The molecule has 0 radical (unpaired) electrons. The largest absolute Gasteiger partial charge is 0.497 e. The summed E-state index contributed by atoms with van der Waals surface area (Å²) in [6.07, 6.45) is -0.460. The van der Waals surface area contributed by atoms with Crippen LogP contribution in [0, 0.1) is 0 Å². The third kappa shape index (κ3) is 3.99. The van der Waals surface area contributed by atoms with Crippen molar-refractivity contribution in [2.24, 2.45) is 0 Å². The Morgan fingerprint density at radius 3 is 2.21 bits per heavy atom. The van der Waals surface area contributed by atoms with Gasteiger partial charge in [0.15, 0.2) is 0 Å². The zero-order valence-corrected chi connectivity index (χ0v) is 15.3. The molecule has 0 unspecified atom stereocenters. The molecule has 1 aromatic rings. The lowest BCUT2D eigenvalue weighted by Gasteiger charge is -2.46. The number of hydrogen-bond acceptors (Lipinski definition) is 4. The molecule has 2 rings (SSSR count). The highest BCUT2D eigenvalue weighted by Gasteiger charge is 2.42. The first kappa shape index (κ1) is 18.1. The van der Waals surface area contributed by atoms with Gasteiger partial charge in [0.25, 0.3) is 0 Å². The summed E-state index contributed by atoms with van der Waals surface area (Å²) >= 11 is 0. The molecule has 1 heterocycles. The van der Waals surface area contributed by atoms with Crippen LogP contribution >= 0.6 is 0 Å². The SMILES string of the molecule is COc1ccc(N2C(=O)CN(C(=O)OC(C)(C)C)CC2(C)C)cc1. The summed E-state index contributed by atoms with van der Waals surface area (Å²) in [4.78, 5) is 28.2. The van der Waals surface area contributed by atoms with Crippen LogP contribution in [0.15, 0.2) is 24.3 Å². The predicted molar refractivity (Wildman–Crippen MR) is 92.4 cm³/mol. The van der Waals surface area contributed by atoms with Crippen LogP contribution in [0.2, 0.25) is 0 Å². The van der Waals surface area contributed by atoms with E-state index in [0.717, 1.165) is 11.4 Å². The molecule has 6 nitrogen and oxygen atoms in total. The van der Waals surface area contributed by atoms with Gasteiger partial charge in [0.05, 0.1) is 12.6 Å². The molecule has 0 atom stereocenters. The Morgan fingerprint density at radius 1 is 1.17 bits per heavy atom. The molecule has 1 fully saturated rings. The number of piperazine rings is 1. The number of methoxy groups -OCH3 is 1. The minimum atomic E-state index is -0.586. The summed E-state index contributed by atoms with van der Waals surface area (Å²) in [6, 6.07) is 7.33. The van der Waals surface area contributed by atoms with Crippen molar-refractivity contribution in [1.82, 2.24) is 4.90 Å². The third-order valence-corrected chi connectivity index (χ3v) is 3.74. The molecule has 0 spiro atoms. The number of carbonyl (C=O) groups excluding carboxylic acids is 2. The van der Waals surface area contributed by atoms with Gasteiger partial charge in [0, 0.05) is 12.2 Å². The minimum absolute atomic E-state index is 0.00434. The van der Waals surface area contributed by atoms with E-state index in [-0.39, 0.29) is 12.5 Å². The summed E-state index contributed by atoms with van der Waals surface area (Å²) in [5.41, 5.74) is -0.340. The Balaban J connectivity index is 2.20.